The number of nitrogens with zero attached hydrogens (tertiary/aromatic N) is 1. The van der Waals surface area contributed by atoms with Crippen molar-refractivity contribution in [3.63, 3.8) is 0 Å². The number of aliphatic hydroxyl groups is 1. The van der Waals surface area contributed by atoms with E-state index in [-0.39, 0.29) is 12.2 Å². The Labute approximate surface area is 69.5 Å². The van der Waals surface area contributed by atoms with E-state index in [1.54, 1.807) is 6.92 Å². The quantitative estimate of drug-likeness (QED) is 0.675. The van der Waals surface area contributed by atoms with Gasteiger partial charge in [-0.15, -0.1) is 0 Å². The molecule has 2 N–H and O–H groups in total. The second-order valence-electron chi connectivity index (χ2n) is 2.45. The minimum absolute atomic E-state index is 0.143. The first-order chi connectivity index (χ1) is 5.65. The van der Waals surface area contributed by atoms with Crippen LogP contribution in [0.25, 0.3) is 0 Å². The highest BCUT2D eigenvalue weighted by molar-refractivity contribution is 5.87. The second kappa shape index (κ2) is 3.32. The Kier molecular flexibility index (Phi) is 2.40. The first-order valence-electron chi connectivity index (χ1n) is 3.45. The minimum Gasteiger partial charge on any atom is -0.478 e. The number of aryl methyl sites for hydroxylation is 1. The average molecular weight is 167 g/mol. The van der Waals surface area contributed by atoms with E-state index in [1.807, 2.05) is 0 Å². The molecule has 1 heterocycles. The fourth-order valence-electron chi connectivity index (χ4n) is 0.886. The molecule has 1 rings (SSSR count). The van der Waals surface area contributed by atoms with E-state index in [0.29, 0.717) is 11.3 Å². The highest BCUT2D eigenvalue weighted by atomic mass is 16.4. The molecule has 0 saturated carbocycles. The number of pyridine rings is 1. The molecule has 4 nitrogen and oxygen atoms in total. The molecule has 0 amide bonds. The van der Waals surface area contributed by atoms with Crippen molar-refractivity contribution >= 4 is 5.97 Å². The Morgan fingerprint density at radius 2 is 2.33 bits per heavy atom. The molecule has 0 aliphatic carbocycles. The van der Waals surface area contributed by atoms with Gasteiger partial charge in [0.1, 0.15) is 0 Å². The van der Waals surface area contributed by atoms with Crippen LogP contribution in [0.5, 0.6) is 0 Å². The van der Waals surface area contributed by atoms with Gasteiger partial charge in [-0.05, 0) is 18.6 Å². The molecule has 64 valence electrons. The maximum absolute atomic E-state index is 10.5. The molecule has 0 radical (unpaired) electrons. The lowest BCUT2D eigenvalue weighted by Gasteiger charge is -2.01. The smallest absolute Gasteiger partial charge is 0.337 e. The van der Waals surface area contributed by atoms with Crippen LogP contribution in [0, 0.1) is 6.92 Å². The number of rotatable bonds is 2. The Hall–Kier alpha value is -1.42. The zero-order valence-corrected chi connectivity index (χ0v) is 6.61. The van der Waals surface area contributed by atoms with Crippen LogP contribution in [0.4, 0.5) is 0 Å². The van der Waals surface area contributed by atoms with E-state index in [9.17, 15) is 4.79 Å². The minimum atomic E-state index is -1.00. The molecule has 1 aromatic heterocycles. The van der Waals surface area contributed by atoms with Crippen molar-refractivity contribution in [3.8, 4) is 0 Å². The van der Waals surface area contributed by atoms with Gasteiger partial charge < -0.3 is 10.2 Å². The lowest BCUT2D eigenvalue weighted by molar-refractivity contribution is 0.0696. The second-order valence-corrected chi connectivity index (χ2v) is 2.45. The van der Waals surface area contributed by atoms with Crippen LogP contribution < -0.4 is 0 Å². The molecule has 0 aliphatic heterocycles. The number of carboxylic acids is 1. The first-order valence-corrected chi connectivity index (χ1v) is 3.45. The molecule has 0 saturated heterocycles. The number of carbonyl (C=O) groups is 1. The predicted molar refractivity (Wildman–Crippen MR) is 41.9 cm³/mol. The molecule has 0 aromatic carbocycles. The predicted octanol–water partition coefficient (Wildman–Crippen LogP) is 0.581. The summed E-state index contributed by atoms with van der Waals surface area (Å²) in [4.78, 5) is 14.2. The van der Waals surface area contributed by atoms with E-state index in [0.717, 1.165) is 0 Å². The molecule has 4 heteroatoms. The molecule has 0 spiro atoms. The van der Waals surface area contributed by atoms with Gasteiger partial charge in [-0.1, -0.05) is 0 Å². The molecule has 1 aromatic rings. The van der Waals surface area contributed by atoms with Gasteiger partial charge in [-0.25, -0.2) is 4.79 Å². The highest BCUT2D eigenvalue weighted by Crippen LogP contribution is 2.07. The number of aromatic carboxylic acids is 1. The zero-order valence-electron chi connectivity index (χ0n) is 6.61. The molecule has 0 fully saturated rings. The van der Waals surface area contributed by atoms with Crippen molar-refractivity contribution < 1.29 is 15.0 Å². The van der Waals surface area contributed by atoms with Crippen molar-refractivity contribution in [3.05, 3.63) is 29.1 Å². The topological polar surface area (TPSA) is 70.4 Å². The summed E-state index contributed by atoms with van der Waals surface area (Å²) >= 11 is 0. The molecule has 0 aliphatic rings. The monoisotopic (exact) mass is 167 g/mol. The summed E-state index contributed by atoms with van der Waals surface area (Å²) in [7, 11) is 0. The largest absolute Gasteiger partial charge is 0.478 e. The maximum atomic E-state index is 10.5. The van der Waals surface area contributed by atoms with Gasteiger partial charge >= 0.3 is 5.97 Å². The summed E-state index contributed by atoms with van der Waals surface area (Å²) < 4.78 is 0. The van der Waals surface area contributed by atoms with E-state index in [2.05, 4.69) is 4.98 Å². The van der Waals surface area contributed by atoms with Crippen LogP contribution in [-0.4, -0.2) is 21.2 Å². The fourth-order valence-corrected chi connectivity index (χ4v) is 0.886. The molecular formula is C8H9NO3. The SMILES string of the molecule is Cc1cc(C(=O)O)cnc1CO. The van der Waals surface area contributed by atoms with E-state index < -0.39 is 5.97 Å². The third kappa shape index (κ3) is 1.60. The van der Waals surface area contributed by atoms with Crippen molar-refractivity contribution in [1.82, 2.24) is 4.98 Å². The van der Waals surface area contributed by atoms with Gasteiger partial charge in [0.05, 0.1) is 17.9 Å². The lowest BCUT2D eigenvalue weighted by atomic mass is 10.1. The summed E-state index contributed by atoms with van der Waals surface area (Å²) in [6.07, 6.45) is 1.24. The average Bonchev–Trinajstić information content (AvgIpc) is 2.04. The summed E-state index contributed by atoms with van der Waals surface area (Å²) in [6.45, 7) is 1.55. The van der Waals surface area contributed by atoms with E-state index in [1.165, 1.54) is 12.3 Å². The number of carboxylic acid groups (broad SMARTS) is 1. The van der Waals surface area contributed by atoms with Crippen LogP contribution >= 0.6 is 0 Å². The number of aromatic nitrogens is 1. The first kappa shape index (κ1) is 8.67. The summed E-state index contributed by atoms with van der Waals surface area (Å²) in [6, 6.07) is 1.49. The van der Waals surface area contributed by atoms with Crippen molar-refractivity contribution in [2.24, 2.45) is 0 Å². The molecule has 0 atom stereocenters. The van der Waals surface area contributed by atoms with Crippen LogP contribution in [0.3, 0.4) is 0 Å². The maximum Gasteiger partial charge on any atom is 0.337 e. The standard InChI is InChI=1S/C8H9NO3/c1-5-2-6(8(11)12)3-9-7(5)4-10/h2-3,10H,4H2,1H3,(H,11,12). The van der Waals surface area contributed by atoms with Gasteiger partial charge in [0.2, 0.25) is 0 Å². The van der Waals surface area contributed by atoms with Crippen LogP contribution in [0.1, 0.15) is 21.6 Å². The third-order valence-corrected chi connectivity index (χ3v) is 1.58. The highest BCUT2D eigenvalue weighted by Gasteiger charge is 2.05. The Balaban J connectivity index is 3.10. The molecule has 0 bridgehead atoms. The van der Waals surface area contributed by atoms with E-state index in [4.69, 9.17) is 10.2 Å². The molecule has 12 heavy (non-hydrogen) atoms. The summed E-state index contributed by atoms with van der Waals surface area (Å²) in [5.74, 6) is -1.00. The van der Waals surface area contributed by atoms with Crippen molar-refractivity contribution in [2.45, 2.75) is 13.5 Å². The van der Waals surface area contributed by atoms with Crippen LogP contribution in [-0.2, 0) is 6.61 Å². The Bertz CT molecular complexity index is 309. The van der Waals surface area contributed by atoms with Crippen molar-refractivity contribution in [1.29, 1.82) is 0 Å². The summed E-state index contributed by atoms with van der Waals surface area (Å²) in [5.41, 5.74) is 1.35. The van der Waals surface area contributed by atoms with Gasteiger partial charge in [-0.3, -0.25) is 4.98 Å². The fraction of sp³-hybridized carbons (Fsp3) is 0.250. The van der Waals surface area contributed by atoms with Crippen molar-refractivity contribution in [2.75, 3.05) is 0 Å². The van der Waals surface area contributed by atoms with Gasteiger partial charge in [0.15, 0.2) is 0 Å². The van der Waals surface area contributed by atoms with Gasteiger partial charge in [0, 0.05) is 6.20 Å². The zero-order chi connectivity index (χ0) is 9.14. The number of aliphatic hydroxyl groups excluding tert-OH is 1. The van der Waals surface area contributed by atoms with Gasteiger partial charge in [0.25, 0.3) is 0 Å². The Morgan fingerprint density at radius 1 is 1.67 bits per heavy atom. The lowest BCUT2D eigenvalue weighted by Crippen LogP contribution is -2.01. The summed E-state index contributed by atoms with van der Waals surface area (Å²) in [5, 5.41) is 17.3. The number of hydrogen-bond donors (Lipinski definition) is 2. The third-order valence-electron chi connectivity index (χ3n) is 1.58. The number of hydrogen-bond acceptors (Lipinski definition) is 3. The van der Waals surface area contributed by atoms with Crippen LogP contribution in [0.2, 0.25) is 0 Å². The van der Waals surface area contributed by atoms with Crippen LogP contribution in [0.15, 0.2) is 12.3 Å². The Morgan fingerprint density at radius 3 is 2.75 bits per heavy atom. The molecule has 0 unspecified atom stereocenters. The molecular weight excluding hydrogens is 158 g/mol. The van der Waals surface area contributed by atoms with Gasteiger partial charge in [-0.2, -0.15) is 0 Å². The van der Waals surface area contributed by atoms with E-state index >= 15 is 0 Å². The normalized spacial score (nSPS) is 9.83.